The molecule has 1 aliphatic carbocycles. The molecule has 0 bridgehead atoms. The molecule has 0 aromatic rings. The summed E-state index contributed by atoms with van der Waals surface area (Å²) in [5.74, 6) is 1.72. The summed E-state index contributed by atoms with van der Waals surface area (Å²) in [4.78, 5) is 1.63. The second-order valence-electron chi connectivity index (χ2n) is 5.07. The lowest BCUT2D eigenvalue weighted by atomic mass is 9.77. The highest BCUT2D eigenvalue weighted by atomic mass is 32.1. The molecule has 3 N–H and O–H groups in total. The lowest BCUT2D eigenvalue weighted by molar-refractivity contribution is -0.936. The second-order valence-corrected chi connectivity index (χ2v) is 5.48. The smallest absolute Gasteiger partial charge is 0.174 e. The summed E-state index contributed by atoms with van der Waals surface area (Å²) in [5, 5.41) is 7.31. The van der Waals surface area contributed by atoms with Crippen molar-refractivity contribution < 1.29 is 4.90 Å². The Morgan fingerprint density at radius 1 is 1.20 bits per heavy atom. The Morgan fingerprint density at radius 3 is 2.53 bits per heavy atom. The van der Waals surface area contributed by atoms with Crippen LogP contribution in [0.15, 0.2) is 0 Å². The minimum atomic E-state index is 0.803. The molecule has 0 unspecified atom stereocenters. The normalized spacial score (nSPS) is 38.3. The fourth-order valence-electron chi connectivity index (χ4n) is 2.93. The van der Waals surface area contributed by atoms with Gasteiger partial charge in [-0.3, -0.25) is 4.90 Å². The van der Waals surface area contributed by atoms with E-state index < -0.39 is 0 Å². The van der Waals surface area contributed by atoms with Crippen LogP contribution in [0, 0.1) is 11.8 Å². The van der Waals surface area contributed by atoms with Crippen LogP contribution in [0.4, 0.5) is 0 Å². The Morgan fingerprint density at radius 2 is 1.87 bits per heavy atom. The average molecular weight is 228 g/mol. The fourth-order valence-corrected chi connectivity index (χ4v) is 3.08. The van der Waals surface area contributed by atoms with Gasteiger partial charge < -0.3 is 10.6 Å². The van der Waals surface area contributed by atoms with Crippen LogP contribution in [0.1, 0.15) is 33.1 Å². The van der Waals surface area contributed by atoms with Crippen LogP contribution in [-0.2, 0) is 0 Å². The van der Waals surface area contributed by atoms with Gasteiger partial charge in [-0.15, -0.1) is 0 Å². The number of thiocarbonyl (C=S) groups is 1. The molecule has 3 nitrogen and oxygen atoms in total. The molecule has 2 aliphatic rings. The van der Waals surface area contributed by atoms with Gasteiger partial charge in [-0.2, -0.15) is 0 Å². The molecule has 3 atom stereocenters. The Labute approximate surface area is 97.6 Å². The predicted octanol–water partition coefficient (Wildman–Crippen LogP) is 0.0887. The molecule has 86 valence electrons. The number of hydrogen-bond donors (Lipinski definition) is 3. The summed E-state index contributed by atoms with van der Waals surface area (Å²) < 4.78 is 0. The average Bonchev–Trinajstić information content (AvgIpc) is 2.24. The van der Waals surface area contributed by atoms with Gasteiger partial charge in [0.05, 0.1) is 6.04 Å². The Bertz CT molecular complexity index is 234. The van der Waals surface area contributed by atoms with Crippen LogP contribution in [-0.4, -0.2) is 24.5 Å². The van der Waals surface area contributed by atoms with Gasteiger partial charge in [0.25, 0.3) is 0 Å². The topological polar surface area (TPSA) is 28.5 Å². The third kappa shape index (κ3) is 2.42. The van der Waals surface area contributed by atoms with Crippen molar-refractivity contribution in [3.63, 3.8) is 0 Å². The third-order valence-corrected chi connectivity index (χ3v) is 4.47. The van der Waals surface area contributed by atoms with Gasteiger partial charge in [-0.25, -0.2) is 0 Å². The first-order chi connectivity index (χ1) is 7.18. The summed E-state index contributed by atoms with van der Waals surface area (Å²) in [7, 11) is 0. The van der Waals surface area contributed by atoms with Gasteiger partial charge in [-0.05, 0) is 37.4 Å². The molecule has 1 saturated heterocycles. The molecular formula is C11H22N3S+. The van der Waals surface area contributed by atoms with Gasteiger partial charge in [-0.1, -0.05) is 13.8 Å². The zero-order valence-electron chi connectivity index (χ0n) is 9.68. The van der Waals surface area contributed by atoms with E-state index in [-0.39, 0.29) is 0 Å². The lowest BCUT2D eigenvalue weighted by Gasteiger charge is -2.40. The predicted molar refractivity (Wildman–Crippen MR) is 65.5 cm³/mol. The summed E-state index contributed by atoms with van der Waals surface area (Å²) in [6, 6.07) is 0.803. The van der Waals surface area contributed by atoms with Crippen LogP contribution in [0.25, 0.3) is 0 Å². The molecule has 1 heterocycles. The largest absolute Gasteiger partial charge is 0.316 e. The molecule has 0 aromatic carbocycles. The van der Waals surface area contributed by atoms with Crippen molar-refractivity contribution in [3.8, 4) is 0 Å². The number of hydrogen-bond acceptors (Lipinski definition) is 1. The Hall–Kier alpha value is -0.350. The van der Waals surface area contributed by atoms with E-state index in [4.69, 9.17) is 12.2 Å². The molecule has 2 fully saturated rings. The number of quaternary nitrogens is 1. The third-order valence-electron chi connectivity index (χ3n) is 4.18. The van der Waals surface area contributed by atoms with E-state index in [2.05, 4.69) is 24.5 Å². The zero-order chi connectivity index (χ0) is 10.8. The SMILES string of the molecule is C[C@H]1[C@H](C)CCC[C@@H]1[NH+]1CNC(=S)NC1. The summed E-state index contributed by atoms with van der Waals surface area (Å²) in [5.41, 5.74) is 0. The molecular weight excluding hydrogens is 206 g/mol. The maximum Gasteiger partial charge on any atom is 0.174 e. The van der Waals surface area contributed by atoms with E-state index >= 15 is 0 Å². The molecule has 1 aliphatic heterocycles. The number of rotatable bonds is 1. The van der Waals surface area contributed by atoms with E-state index in [1.54, 1.807) is 4.90 Å². The first-order valence-corrected chi connectivity index (χ1v) is 6.45. The van der Waals surface area contributed by atoms with Crippen LogP contribution < -0.4 is 15.5 Å². The highest BCUT2D eigenvalue weighted by Gasteiger charge is 2.35. The molecule has 2 rings (SSSR count). The molecule has 15 heavy (non-hydrogen) atoms. The van der Waals surface area contributed by atoms with Crippen molar-refractivity contribution in [2.24, 2.45) is 11.8 Å². The van der Waals surface area contributed by atoms with E-state index in [9.17, 15) is 0 Å². The van der Waals surface area contributed by atoms with Gasteiger partial charge in [0.2, 0.25) is 0 Å². The van der Waals surface area contributed by atoms with Crippen molar-refractivity contribution in [1.82, 2.24) is 10.6 Å². The van der Waals surface area contributed by atoms with Crippen molar-refractivity contribution >= 4 is 17.3 Å². The Kier molecular flexibility index (Phi) is 3.46. The van der Waals surface area contributed by atoms with Gasteiger partial charge >= 0.3 is 0 Å². The van der Waals surface area contributed by atoms with Gasteiger partial charge in [0.1, 0.15) is 0 Å². The minimum Gasteiger partial charge on any atom is -0.316 e. The second kappa shape index (κ2) is 4.66. The Balaban J connectivity index is 1.94. The minimum absolute atomic E-state index is 0.803. The van der Waals surface area contributed by atoms with E-state index in [0.29, 0.717) is 0 Å². The lowest BCUT2D eigenvalue weighted by Crippen LogP contribution is -3.21. The highest BCUT2D eigenvalue weighted by Crippen LogP contribution is 2.27. The van der Waals surface area contributed by atoms with Crippen LogP contribution in [0.5, 0.6) is 0 Å². The summed E-state index contributed by atoms with van der Waals surface area (Å²) >= 11 is 5.08. The van der Waals surface area contributed by atoms with Crippen molar-refractivity contribution in [1.29, 1.82) is 0 Å². The van der Waals surface area contributed by atoms with Crippen LogP contribution >= 0.6 is 12.2 Å². The van der Waals surface area contributed by atoms with E-state index in [1.807, 2.05) is 0 Å². The van der Waals surface area contributed by atoms with Gasteiger partial charge in [0, 0.05) is 5.92 Å². The van der Waals surface area contributed by atoms with Crippen molar-refractivity contribution in [2.45, 2.75) is 39.2 Å². The molecule has 0 radical (unpaired) electrons. The molecule has 0 amide bonds. The summed E-state index contributed by atoms with van der Waals surface area (Å²) in [6.45, 7) is 6.79. The zero-order valence-corrected chi connectivity index (χ0v) is 10.5. The highest BCUT2D eigenvalue weighted by molar-refractivity contribution is 7.80. The van der Waals surface area contributed by atoms with Crippen LogP contribution in [0.2, 0.25) is 0 Å². The molecule has 0 spiro atoms. The number of nitrogens with one attached hydrogen (secondary N) is 3. The van der Waals surface area contributed by atoms with Crippen LogP contribution in [0.3, 0.4) is 0 Å². The van der Waals surface area contributed by atoms with Crippen molar-refractivity contribution in [2.75, 3.05) is 13.3 Å². The van der Waals surface area contributed by atoms with Crippen molar-refractivity contribution in [3.05, 3.63) is 0 Å². The summed E-state index contributed by atoms with van der Waals surface area (Å²) in [6.07, 6.45) is 4.17. The fraction of sp³-hybridized carbons (Fsp3) is 0.909. The molecule has 1 saturated carbocycles. The molecule has 4 heteroatoms. The van der Waals surface area contributed by atoms with E-state index in [0.717, 1.165) is 36.3 Å². The van der Waals surface area contributed by atoms with Gasteiger partial charge in [0.15, 0.2) is 18.4 Å². The van der Waals surface area contributed by atoms with E-state index in [1.165, 1.54) is 19.3 Å². The first kappa shape index (κ1) is 11.1. The first-order valence-electron chi connectivity index (χ1n) is 6.04. The quantitative estimate of drug-likeness (QED) is 0.556. The maximum atomic E-state index is 5.08. The molecule has 0 aromatic heterocycles. The standard InChI is InChI=1S/C11H21N3S/c1-8-4-3-5-10(9(8)2)14-6-12-11(15)13-7-14/h8-10H,3-7H2,1-2H3,(H2,12,13,15)/p+1/t8-,9+,10+/m1/s1. The maximum absolute atomic E-state index is 5.08. The monoisotopic (exact) mass is 228 g/mol.